The fourth-order valence-corrected chi connectivity index (χ4v) is 13.7. The Balaban J connectivity index is 4.51. The first kappa shape index (κ1) is 30.9. The molecular formula is C28H60BrP. The molecule has 0 atom stereocenters. The standard InChI is InChI=1S/C28H60BrP/c1-5-9-13-15-17-19-21-23-27-30(29,25-11-7-3,26-12-8-4)28-24-22-20-18-16-14-10-6-2/h5-28H2,1-4H3. The average molecular weight is 508 g/mol. The van der Waals surface area contributed by atoms with E-state index >= 15 is 0 Å². The molecule has 0 aliphatic carbocycles. The topological polar surface area (TPSA) is 0 Å². The Morgan fingerprint density at radius 1 is 0.333 bits per heavy atom. The summed E-state index contributed by atoms with van der Waals surface area (Å²) < 4.78 is 0. The molecule has 30 heavy (non-hydrogen) atoms. The van der Waals surface area contributed by atoms with E-state index in [-0.39, 0.29) is 0 Å². The van der Waals surface area contributed by atoms with Crippen LogP contribution in [0.25, 0.3) is 0 Å². The summed E-state index contributed by atoms with van der Waals surface area (Å²) in [5, 5.41) is -1.68. The SMILES string of the molecule is CCCCCCCCCCP(Br)(CCCC)(CCCC)CCCCCCCCCC. The van der Waals surface area contributed by atoms with Crippen molar-refractivity contribution < 1.29 is 0 Å². The van der Waals surface area contributed by atoms with E-state index in [0.717, 1.165) is 0 Å². The van der Waals surface area contributed by atoms with Crippen molar-refractivity contribution in [1.82, 2.24) is 0 Å². The fraction of sp³-hybridized carbons (Fsp3) is 1.00. The molecule has 0 saturated heterocycles. The van der Waals surface area contributed by atoms with E-state index in [1.54, 1.807) is 0 Å². The van der Waals surface area contributed by atoms with E-state index in [1.807, 2.05) is 0 Å². The summed E-state index contributed by atoms with van der Waals surface area (Å²) in [6.07, 6.45) is 35.0. The number of hydrogen-bond acceptors (Lipinski definition) is 0. The first-order valence-corrected chi connectivity index (χ1v) is 19.3. The second-order valence-corrected chi connectivity index (χ2v) is 21.8. The Labute approximate surface area is 201 Å². The summed E-state index contributed by atoms with van der Waals surface area (Å²) in [5.74, 6) is 0. The second-order valence-electron chi connectivity index (χ2n) is 10.4. The molecule has 0 spiro atoms. The van der Waals surface area contributed by atoms with Crippen molar-refractivity contribution in [2.45, 2.75) is 156 Å². The Morgan fingerprint density at radius 3 is 0.867 bits per heavy atom. The molecule has 0 heterocycles. The predicted octanol–water partition coefficient (Wildman–Crippen LogP) is 11.7. The first-order valence-electron chi connectivity index (χ1n) is 14.3. The van der Waals surface area contributed by atoms with Crippen LogP contribution in [0.4, 0.5) is 0 Å². The van der Waals surface area contributed by atoms with Gasteiger partial charge in [-0.2, -0.15) is 0 Å². The molecule has 0 fully saturated rings. The zero-order chi connectivity index (χ0) is 22.4. The summed E-state index contributed by atoms with van der Waals surface area (Å²) >= 11 is 4.63. The molecule has 2 heteroatoms. The Bertz CT molecular complexity index is 323. The van der Waals surface area contributed by atoms with Crippen molar-refractivity contribution in [3.05, 3.63) is 0 Å². The zero-order valence-electron chi connectivity index (χ0n) is 21.8. The van der Waals surface area contributed by atoms with Gasteiger partial charge in [0.05, 0.1) is 0 Å². The van der Waals surface area contributed by atoms with Crippen LogP contribution in [0, 0.1) is 0 Å². The summed E-state index contributed by atoms with van der Waals surface area (Å²) in [5.41, 5.74) is 0. The zero-order valence-corrected chi connectivity index (χ0v) is 24.3. The average Bonchev–Trinajstić information content (AvgIpc) is 2.75. The summed E-state index contributed by atoms with van der Waals surface area (Å²) in [6, 6.07) is 0. The van der Waals surface area contributed by atoms with Crippen LogP contribution in [0.15, 0.2) is 0 Å². The van der Waals surface area contributed by atoms with Crippen molar-refractivity contribution in [1.29, 1.82) is 0 Å². The van der Waals surface area contributed by atoms with Gasteiger partial charge in [-0.15, -0.1) is 0 Å². The van der Waals surface area contributed by atoms with Gasteiger partial charge in [-0.3, -0.25) is 0 Å². The van der Waals surface area contributed by atoms with E-state index < -0.39 is 5.31 Å². The molecule has 0 bridgehead atoms. The van der Waals surface area contributed by atoms with Crippen LogP contribution in [0.3, 0.4) is 0 Å². The quantitative estimate of drug-likeness (QED) is 0.0900. The van der Waals surface area contributed by atoms with E-state index in [9.17, 15) is 0 Å². The Morgan fingerprint density at radius 2 is 0.567 bits per heavy atom. The molecule has 0 rings (SSSR count). The monoisotopic (exact) mass is 506 g/mol. The Kier molecular flexibility index (Phi) is 21.1. The van der Waals surface area contributed by atoms with Crippen LogP contribution in [0.5, 0.6) is 0 Å². The van der Waals surface area contributed by atoms with Gasteiger partial charge >= 0.3 is 202 Å². The van der Waals surface area contributed by atoms with E-state index in [2.05, 4.69) is 43.2 Å². The van der Waals surface area contributed by atoms with Crippen LogP contribution in [0.2, 0.25) is 0 Å². The second kappa shape index (κ2) is 20.5. The third kappa shape index (κ3) is 16.5. The van der Waals surface area contributed by atoms with Crippen LogP contribution in [0.1, 0.15) is 156 Å². The molecule has 0 aromatic rings. The van der Waals surface area contributed by atoms with Crippen LogP contribution < -0.4 is 0 Å². The van der Waals surface area contributed by atoms with Gasteiger partial charge in [-0.05, 0) is 0 Å². The third-order valence-electron chi connectivity index (χ3n) is 7.28. The molecule has 0 amide bonds. The number of unbranched alkanes of at least 4 members (excludes halogenated alkanes) is 16. The van der Waals surface area contributed by atoms with Crippen LogP contribution >= 0.6 is 20.8 Å². The van der Waals surface area contributed by atoms with E-state index in [4.69, 9.17) is 0 Å². The summed E-state index contributed by atoms with van der Waals surface area (Å²) in [7, 11) is 0. The van der Waals surface area contributed by atoms with Crippen molar-refractivity contribution in [3.8, 4) is 0 Å². The molecule has 0 aliphatic rings. The molecule has 184 valence electrons. The van der Waals surface area contributed by atoms with Gasteiger partial charge in [0.25, 0.3) is 0 Å². The molecule has 0 aliphatic heterocycles. The third-order valence-corrected chi connectivity index (χ3v) is 17.3. The summed E-state index contributed by atoms with van der Waals surface area (Å²) in [4.78, 5) is 0. The van der Waals surface area contributed by atoms with Gasteiger partial charge in [-0.25, -0.2) is 0 Å². The molecular weight excluding hydrogens is 447 g/mol. The normalized spacial score (nSPS) is 13.4. The maximum absolute atomic E-state index is 4.63. The number of halogens is 1. The van der Waals surface area contributed by atoms with Crippen molar-refractivity contribution in [2.24, 2.45) is 0 Å². The minimum absolute atomic E-state index is 1.37. The number of rotatable bonds is 24. The van der Waals surface area contributed by atoms with Crippen molar-refractivity contribution >= 4 is 20.8 Å². The van der Waals surface area contributed by atoms with Crippen LogP contribution in [-0.4, -0.2) is 24.6 Å². The van der Waals surface area contributed by atoms with Gasteiger partial charge in [0, 0.05) is 0 Å². The minimum atomic E-state index is -1.68. The van der Waals surface area contributed by atoms with Crippen LogP contribution in [-0.2, 0) is 0 Å². The number of hydrogen-bond donors (Lipinski definition) is 0. The Hall–Kier alpha value is 0.910. The summed E-state index contributed by atoms with van der Waals surface area (Å²) in [6.45, 7) is 9.41. The maximum atomic E-state index is 4.63. The molecule has 0 N–H and O–H groups in total. The van der Waals surface area contributed by atoms with E-state index in [1.165, 1.54) is 153 Å². The molecule has 0 unspecified atom stereocenters. The molecule has 0 radical (unpaired) electrons. The van der Waals surface area contributed by atoms with Gasteiger partial charge in [0.15, 0.2) is 0 Å². The van der Waals surface area contributed by atoms with Gasteiger partial charge in [-0.1, -0.05) is 0 Å². The molecule has 0 nitrogen and oxygen atoms in total. The van der Waals surface area contributed by atoms with Gasteiger partial charge in [0.1, 0.15) is 0 Å². The van der Waals surface area contributed by atoms with E-state index in [0.29, 0.717) is 0 Å². The molecule has 0 saturated carbocycles. The van der Waals surface area contributed by atoms with Gasteiger partial charge in [0.2, 0.25) is 0 Å². The van der Waals surface area contributed by atoms with Crippen molar-refractivity contribution in [3.63, 3.8) is 0 Å². The molecule has 0 aromatic heterocycles. The molecule has 0 aromatic carbocycles. The predicted molar refractivity (Wildman–Crippen MR) is 150 cm³/mol. The van der Waals surface area contributed by atoms with Gasteiger partial charge < -0.3 is 0 Å². The van der Waals surface area contributed by atoms with Crippen molar-refractivity contribution in [2.75, 3.05) is 24.6 Å². The first-order chi connectivity index (χ1) is 14.5. The fourth-order valence-electron chi connectivity index (χ4n) is 5.06.